The Bertz CT molecular complexity index is 493. The summed E-state index contributed by atoms with van der Waals surface area (Å²) in [6.45, 7) is 4.06. The minimum absolute atomic E-state index is 0.263. The molecule has 0 spiro atoms. The molecule has 2 aromatic rings. The van der Waals surface area contributed by atoms with Crippen molar-refractivity contribution >= 4 is 0 Å². The summed E-state index contributed by atoms with van der Waals surface area (Å²) in [5.74, 6) is 2.39. The standard InChI is InChI=1S/C17H23NO2/c1-2-14(10-11-19)12-18-13-16-8-9-17(20-16)15-6-4-3-5-7-15/h3-9,14,18-19H,2,10-13H2,1H3. The molecule has 3 nitrogen and oxygen atoms in total. The van der Waals surface area contributed by atoms with Gasteiger partial charge in [0.1, 0.15) is 11.5 Å². The molecule has 1 heterocycles. The molecule has 0 bridgehead atoms. The Hall–Kier alpha value is -1.58. The molecule has 1 aromatic heterocycles. The van der Waals surface area contributed by atoms with Crippen LogP contribution in [0.15, 0.2) is 46.9 Å². The van der Waals surface area contributed by atoms with E-state index in [-0.39, 0.29) is 6.61 Å². The van der Waals surface area contributed by atoms with Gasteiger partial charge in [-0.1, -0.05) is 43.7 Å². The number of hydrogen-bond donors (Lipinski definition) is 2. The van der Waals surface area contributed by atoms with Crippen LogP contribution < -0.4 is 5.32 Å². The lowest BCUT2D eigenvalue weighted by molar-refractivity contribution is 0.250. The Morgan fingerprint density at radius 2 is 1.95 bits per heavy atom. The fourth-order valence-electron chi connectivity index (χ4n) is 2.26. The highest BCUT2D eigenvalue weighted by atomic mass is 16.3. The summed E-state index contributed by atoms with van der Waals surface area (Å²) in [6.07, 6.45) is 1.94. The van der Waals surface area contributed by atoms with Gasteiger partial charge in [-0.05, 0) is 31.0 Å². The molecule has 1 unspecified atom stereocenters. The van der Waals surface area contributed by atoms with Crippen molar-refractivity contribution in [1.29, 1.82) is 0 Å². The minimum atomic E-state index is 0.263. The van der Waals surface area contributed by atoms with E-state index in [0.29, 0.717) is 5.92 Å². The first-order chi connectivity index (χ1) is 9.83. The van der Waals surface area contributed by atoms with Gasteiger partial charge in [-0.3, -0.25) is 0 Å². The van der Waals surface area contributed by atoms with Crippen LogP contribution in [0.5, 0.6) is 0 Å². The van der Waals surface area contributed by atoms with Gasteiger partial charge in [0.15, 0.2) is 0 Å². The van der Waals surface area contributed by atoms with Crippen LogP contribution in [-0.4, -0.2) is 18.3 Å². The van der Waals surface area contributed by atoms with Crippen LogP contribution in [0.3, 0.4) is 0 Å². The van der Waals surface area contributed by atoms with E-state index < -0.39 is 0 Å². The first-order valence-electron chi connectivity index (χ1n) is 7.29. The van der Waals surface area contributed by atoms with Crippen molar-refractivity contribution in [3.05, 3.63) is 48.2 Å². The molecule has 0 aliphatic carbocycles. The maximum absolute atomic E-state index is 8.97. The lowest BCUT2D eigenvalue weighted by Gasteiger charge is -2.13. The molecule has 108 valence electrons. The topological polar surface area (TPSA) is 45.4 Å². The van der Waals surface area contributed by atoms with Crippen molar-refractivity contribution in [2.75, 3.05) is 13.2 Å². The maximum atomic E-state index is 8.97. The van der Waals surface area contributed by atoms with Crippen LogP contribution in [-0.2, 0) is 6.54 Å². The van der Waals surface area contributed by atoms with Gasteiger partial charge in [0, 0.05) is 12.2 Å². The van der Waals surface area contributed by atoms with Crippen LogP contribution in [0.2, 0.25) is 0 Å². The number of benzene rings is 1. The summed E-state index contributed by atoms with van der Waals surface area (Å²) in [5.41, 5.74) is 1.10. The van der Waals surface area contributed by atoms with E-state index in [9.17, 15) is 0 Å². The van der Waals surface area contributed by atoms with Gasteiger partial charge in [-0.25, -0.2) is 0 Å². The molecular formula is C17H23NO2. The zero-order chi connectivity index (χ0) is 14.2. The van der Waals surface area contributed by atoms with Crippen molar-refractivity contribution in [3.8, 4) is 11.3 Å². The van der Waals surface area contributed by atoms with Crippen molar-refractivity contribution < 1.29 is 9.52 Å². The van der Waals surface area contributed by atoms with Gasteiger partial charge in [0.05, 0.1) is 6.54 Å². The van der Waals surface area contributed by atoms with E-state index in [1.54, 1.807) is 0 Å². The van der Waals surface area contributed by atoms with Crippen molar-refractivity contribution in [2.24, 2.45) is 5.92 Å². The van der Waals surface area contributed by atoms with Crippen LogP contribution in [0.4, 0.5) is 0 Å². The second-order valence-corrected chi connectivity index (χ2v) is 5.05. The highest BCUT2D eigenvalue weighted by molar-refractivity contribution is 5.57. The number of furan rings is 1. The lowest BCUT2D eigenvalue weighted by Crippen LogP contribution is -2.22. The third kappa shape index (κ3) is 4.22. The summed E-state index contributed by atoms with van der Waals surface area (Å²) in [4.78, 5) is 0. The zero-order valence-corrected chi connectivity index (χ0v) is 12.0. The molecule has 0 radical (unpaired) electrons. The van der Waals surface area contributed by atoms with Gasteiger partial charge in [0.2, 0.25) is 0 Å². The van der Waals surface area contributed by atoms with Crippen LogP contribution in [0.1, 0.15) is 25.5 Å². The van der Waals surface area contributed by atoms with E-state index in [4.69, 9.17) is 9.52 Å². The molecule has 3 heteroatoms. The van der Waals surface area contributed by atoms with E-state index in [1.807, 2.05) is 42.5 Å². The molecule has 0 aliphatic rings. The molecule has 2 N–H and O–H groups in total. The van der Waals surface area contributed by atoms with Gasteiger partial charge >= 0.3 is 0 Å². The SMILES string of the molecule is CCC(CCO)CNCc1ccc(-c2ccccc2)o1. The normalized spacial score (nSPS) is 12.5. The third-order valence-electron chi connectivity index (χ3n) is 3.57. The van der Waals surface area contributed by atoms with E-state index in [2.05, 4.69) is 12.2 Å². The summed E-state index contributed by atoms with van der Waals surface area (Å²) >= 11 is 0. The summed E-state index contributed by atoms with van der Waals surface area (Å²) in [7, 11) is 0. The first-order valence-corrected chi connectivity index (χ1v) is 7.29. The van der Waals surface area contributed by atoms with Gasteiger partial charge in [-0.15, -0.1) is 0 Å². The smallest absolute Gasteiger partial charge is 0.134 e. The highest BCUT2D eigenvalue weighted by Crippen LogP contribution is 2.21. The molecule has 0 saturated heterocycles. The van der Waals surface area contributed by atoms with Crippen LogP contribution in [0, 0.1) is 5.92 Å². The monoisotopic (exact) mass is 273 g/mol. The highest BCUT2D eigenvalue weighted by Gasteiger charge is 2.07. The molecule has 0 fully saturated rings. The molecule has 1 aromatic carbocycles. The fraction of sp³-hybridized carbons (Fsp3) is 0.412. The van der Waals surface area contributed by atoms with Crippen molar-refractivity contribution in [2.45, 2.75) is 26.3 Å². The molecule has 2 rings (SSSR count). The second-order valence-electron chi connectivity index (χ2n) is 5.05. The van der Waals surface area contributed by atoms with Gasteiger partial charge < -0.3 is 14.8 Å². The Kier molecular flexibility index (Phi) is 5.84. The lowest BCUT2D eigenvalue weighted by atomic mass is 10.0. The predicted octanol–water partition coefficient (Wildman–Crippen LogP) is 3.44. The minimum Gasteiger partial charge on any atom is -0.460 e. The van der Waals surface area contributed by atoms with Crippen molar-refractivity contribution in [1.82, 2.24) is 5.32 Å². The average Bonchev–Trinajstić information content (AvgIpc) is 2.96. The Morgan fingerprint density at radius 1 is 1.15 bits per heavy atom. The van der Waals surface area contributed by atoms with Crippen molar-refractivity contribution in [3.63, 3.8) is 0 Å². The second kappa shape index (κ2) is 7.88. The third-order valence-corrected chi connectivity index (χ3v) is 3.57. The molecule has 0 amide bonds. The maximum Gasteiger partial charge on any atom is 0.134 e. The Morgan fingerprint density at radius 3 is 2.65 bits per heavy atom. The van der Waals surface area contributed by atoms with E-state index in [1.165, 1.54) is 0 Å². The number of rotatable bonds is 8. The molecule has 20 heavy (non-hydrogen) atoms. The summed E-state index contributed by atoms with van der Waals surface area (Å²) in [6, 6.07) is 14.1. The predicted molar refractivity (Wildman–Crippen MR) is 81.3 cm³/mol. The average molecular weight is 273 g/mol. The fourth-order valence-corrected chi connectivity index (χ4v) is 2.26. The van der Waals surface area contributed by atoms with E-state index in [0.717, 1.165) is 43.0 Å². The quantitative estimate of drug-likeness (QED) is 0.774. The Labute approximate surface area is 120 Å². The summed E-state index contributed by atoms with van der Waals surface area (Å²) < 4.78 is 5.83. The number of nitrogens with one attached hydrogen (secondary N) is 1. The number of aliphatic hydroxyl groups excluding tert-OH is 1. The van der Waals surface area contributed by atoms with Crippen LogP contribution >= 0.6 is 0 Å². The molecule has 1 atom stereocenters. The Balaban J connectivity index is 1.84. The van der Waals surface area contributed by atoms with Crippen LogP contribution in [0.25, 0.3) is 11.3 Å². The largest absolute Gasteiger partial charge is 0.460 e. The van der Waals surface area contributed by atoms with Gasteiger partial charge in [0.25, 0.3) is 0 Å². The van der Waals surface area contributed by atoms with Gasteiger partial charge in [-0.2, -0.15) is 0 Å². The number of aliphatic hydroxyl groups is 1. The molecule has 0 aliphatic heterocycles. The number of hydrogen-bond acceptors (Lipinski definition) is 3. The first kappa shape index (κ1) is 14.8. The summed E-state index contributed by atoms with van der Waals surface area (Å²) in [5, 5.41) is 12.4. The molecular weight excluding hydrogens is 250 g/mol. The zero-order valence-electron chi connectivity index (χ0n) is 12.0. The van der Waals surface area contributed by atoms with E-state index >= 15 is 0 Å². The molecule has 0 saturated carbocycles.